The Bertz CT molecular complexity index is 1080. The van der Waals surface area contributed by atoms with Gasteiger partial charge < -0.3 is 0 Å². The van der Waals surface area contributed by atoms with E-state index < -0.39 is 0 Å². The van der Waals surface area contributed by atoms with Gasteiger partial charge in [-0.2, -0.15) is 0 Å². The summed E-state index contributed by atoms with van der Waals surface area (Å²) in [5.74, 6) is 0.0222. The molecule has 0 bridgehead atoms. The topological polar surface area (TPSA) is 46.1 Å². The highest BCUT2D eigenvalue weighted by Crippen LogP contribution is 2.32. The molecule has 0 aliphatic rings. The predicted octanol–water partition coefficient (Wildman–Crippen LogP) is 5.03. The number of anilines is 1. The smallest absolute Gasteiger partial charge is 0.233 e. The first-order valence-corrected chi connectivity index (χ1v) is 10.2. The summed E-state index contributed by atoms with van der Waals surface area (Å²) in [7, 11) is 0. The minimum absolute atomic E-state index is 0.0222. The van der Waals surface area contributed by atoms with Gasteiger partial charge in [0.1, 0.15) is 0 Å². The number of aryl methyl sites for hydroxylation is 1. The van der Waals surface area contributed by atoms with Crippen molar-refractivity contribution in [1.29, 1.82) is 0 Å². The van der Waals surface area contributed by atoms with E-state index in [0.717, 1.165) is 33.0 Å². The Morgan fingerprint density at radius 3 is 2.57 bits per heavy atom. The highest BCUT2D eigenvalue weighted by molar-refractivity contribution is 7.22. The van der Waals surface area contributed by atoms with Crippen molar-refractivity contribution in [3.05, 3.63) is 89.7 Å². The van der Waals surface area contributed by atoms with Crippen molar-refractivity contribution in [1.82, 2.24) is 9.97 Å². The zero-order valence-corrected chi connectivity index (χ0v) is 16.5. The van der Waals surface area contributed by atoms with Gasteiger partial charge in [-0.1, -0.05) is 66.8 Å². The van der Waals surface area contributed by atoms with Crippen molar-refractivity contribution in [2.45, 2.75) is 26.3 Å². The molecule has 4 nitrogen and oxygen atoms in total. The lowest BCUT2D eigenvalue weighted by atomic mass is 10.1. The number of pyridine rings is 1. The monoisotopic (exact) mass is 387 g/mol. The van der Waals surface area contributed by atoms with Crippen LogP contribution in [0.15, 0.2) is 72.9 Å². The van der Waals surface area contributed by atoms with Crippen LogP contribution in [0.2, 0.25) is 0 Å². The molecular formula is C23H21N3OS. The van der Waals surface area contributed by atoms with Gasteiger partial charge in [-0.15, -0.1) is 0 Å². The van der Waals surface area contributed by atoms with Gasteiger partial charge in [-0.25, -0.2) is 4.98 Å². The minimum atomic E-state index is 0.0222. The molecule has 2 aromatic carbocycles. The van der Waals surface area contributed by atoms with E-state index in [0.29, 0.717) is 13.0 Å². The van der Waals surface area contributed by atoms with Gasteiger partial charge in [0, 0.05) is 6.20 Å². The highest BCUT2D eigenvalue weighted by Gasteiger charge is 2.21. The predicted molar refractivity (Wildman–Crippen MR) is 115 cm³/mol. The van der Waals surface area contributed by atoms with Crippen molar-refractivity contribution in [2.24, 2.45) is 0 Å². The zero-order chi connectivity index (χ0) is 19.3. The van der Waals surface area contributed by atoms with Gasteiger partial charge in [-0.3, -0.25) is 14.7 Å². The average Bonchev–Trinajstić information content (AvgIpc) is 3.17. The van der Waals surface area contributed by atoms with Crippen LogP contribution in [0.3, 0.4) is 0 Å². The number of hydrogen-bond acceptors (Lipinski definition) is 4. The number of amides is 1. The standard InChI is InChI=1S/C23H21N3OS/c1-2-18-11-8-13-20-22(18)25-23(28-20)26(16-19-12-6-7-14-24-19)21(27)15-17-9-4-3-5-10-17/h3-14H,2,15-16H2,1H3. The second kappa shape index (κ2) is 8.31. The maximum absolute atomic E-state index is 13.2. The summed E-state index contributed by atoms with van der Waals surface area (Å²) < 4.78 is 1.10. The highest BCUT2D eigenvalue weighted by atomic mass is 32.1. The molecule has 5 heteroatoms. The lowest BCUT2D eigenvalue weighted by Gasteiger charge is -2.19. The van der Waals surface area contributed by atoms with E-state index in [1.807, 2.05) is 48.5 Å². The van der Waals surface area contributed by atoms with Gasteiger partial charge in [0.15, 0.2) is 5.13 Å². The summed E-state index contributed by atoms with van der Waals surface area (Å²) in [5.41, 5.74) is 4.03. The summed E-state index contributed by atoms with van der Waals surface area (Å²) in [6.45, 7) is 2.54. The number of rotatable bonds is 6. The second-order valence-electron chi connectivity index (χ2n) is 6.58. The summed E-state index contributed by atoms with van der Waals surface area (Å²) >= 11 is 1.56. The quantitative estimate of drug-likeness (QED) is 0.466. The molecule has 28 heavy (non-hydrogen) atoms. The third-order valence-electron chi connectivity index (χ3n) is 4.65. The van der Waals surface area contributed by atoms with Crippen molar-refractivity contribution >= 4 is 32.6 Å². The molecule has 0 aliphatic carbocycles. The second-order valence-corrected chi connectivity index (χ2v) is 7.59. The zero-order valence-electron chi connectivity index (χ0n) is 15.7. The third kappa shape index (κ3) is 3.94. The number of aromatic nitrogens is 2. The van der Waals surface area contributed by atoms with E-state index in [-0.39, 0.29) is 5.91 Å². The average molecular weight is 388 g/mol. The van der Waals surface area contributed by atoms with Gasteiger partial charge in [-0.05, 0) is 35.7 Å². The number of para-hydroxylation sites is 1. The molecule has 0 N–H and O–H groups in total. The molecule has 0 unspecified atom stereocenters. The molecule has 1 amide bonds. The normalized spacial score (nSPS) is 10.9. The van der Waals surface area contributed by atoms with Crippen LogP contribution in [0, 0.1) is 0 Å². The van der Waals surface area contributed by atoms with Gasteiger partial charge >= 0.3 is 0 Å². The summed E-state index contributed by atoms with van der Waals surface area (Å²) in [4.78, 5) is 24.2. The summed E-state index contributed by atoms with van der Waals surface area (Å²) in [6, 6.07) is 21.8. The van der Waals surface area contributed by atoms with E-state index in [4.69, 9.17) is 4.98 Å². The van der Waals surface area contributed by atoms with Crippen LogP contribution in [0.4, 0.5) is 5.13 Å². The first kappa shape index (κ1) is 18.3. The lowest BCUT2D eigenvalue weighted by molar-refractivity contribution is -0.118. The van der Waals surface area contributed by atoms with Crippen LogP contribution in [0.25, 0.3) is 10.2 Å². The molecule has 4 aromatic rings. The molecule has 0 aliphatic heterocycles. The molecule has 0 spiro atoms. The number of nitrogens with zero attached hydrogens (tertiary/aromatic N) is 3. The van der Waals surface area contributed by atoms with E-state index in [2.05, 4.69) is 30.1 Å². The van der Waals surface area contributed by atoms with Crippen molar-refractivity contribution < 1.29 is 4.79 Å². The first-order valence-electron chi connectivity index (χ1n) is 9.37. The molecule has 0 saturated heterocycles. The van der Waals surface area contributed by atoms with E-state index in [1.165, 1.54) is 5.56 Å². The molecule has 0 atom stereocenters. The van der Waals surface area contributed by atoms with Crippen LogP contribution in [-0.2, 0) is 24.2 Å². The van der Waals surface area contributed by atoms with Crippen molar-refractivity contribution in [3.8, 4) is 0 Å². The van der Waals surface area contributed by atoms with E-state index >= 15 is 0 Å². The Morgan fingerprint density at radius 1 is 1.00 bits per heavy atom. The summed E-state index contributed by atoms with van der Waals surface area (Å²) in [6.07, 6.45) is 3.01. The van der Waals surface area contributed by atoms with Crippen molar-refractivity contribution in [3.63, 3.8) is 0 Å². The maximum atomic E-state index is 13.2. The minimum Gasteiger partial charge on any atom is -0.282 e. The van der Waals surface area contributed by atoms with Gasteiger partial charge in [0.05, 0.1) is 28.9 Å². The third-order valence-corrected chi connectivity index (χ3v) is 5.69. The number of hydrogen-bond donors (Lipinski definition) is 0. The van der Waals surface area contributed by atoms with E-state index in [1.54, 1.807) is 22.4 Å². The molecule has 2 aromatic heterocycles. The van der Waals surface area contributed by atoms with Crippen molar-refractivity contribution in [2.75, 3.05) is 4.90 Å². The molecule has 140 valence electrons. The largest absolute Gasteiger partial charge is 0.282 e. The maximum Gasteiger partial charge on any atom is 0.233 e. The molecule has 0 radical (unpaired) electrons. The Morgan fingerprint density at radius 2 is 1.82 bits per heavy atom. The molecule has 4 rings (SSSR count). The Labute approximate surface area is 168 Å². The molecule has 0 saturated carbocycles. The van der Waals surface area contributed by atoms with Crippen LogP contribution >= 0.6 is 11.3 Å². The molecular weight excluding hydrogens is 366 g/mol. The Kier molecular flexibility index (Phi) is 5.44. The molecule has 0 fully saturated rings. The Balaban J connectivity index is 1.71. The fourth-order valence-electron chi connectivity index (χ4n) is 3.18. The van der Waals surface area contributed by atoms with Gasteiger partial charge in [0.2, 0.25) is 5.91 Å². The fourth-order valence-corrected chi connectivity index (χ4v) is 4.21. The SMILES string of the molecule is CCc1cccc2sc(N(Cc3ccccn3)C(=O)Cc3ccccc3)nc12. The number of benzene rings is 2. The Hall–Kier alpha value is -3.05. The fraction of sp³-hybridized carbons (Fsp3) is 0.174. The number of carbonyl (C=O) groups excluding carboxylic acids is 1. The van der Waals surface area contributed by atoms with E-state index in [9.17, 15) is 4.79 Å². The van der Waals surface area contributed by atoms with Crippen LogP contribution < -0.4 is 4.90 Å². The lowest BCUT2D eigenvalue weighted by Crippen LogP contribution is -2.32. The number of carbonyl (C=O) groups is 1. The first-order chi connectivity index (χ1) is 13.7. The molecule has 2 heterocycles. The number of thiazole rings is 1. The van der Waals surface area contributed by atoms with Gasteiger partial charge in [0.25, 0.3) is 0 Å². The van der Waals surface area contributed by atoms with Crippen LogP contribution in [0.1, 0.15) is 23.7 Å². The number of fused-ring (bicyclic) bond motifs is 1. The van der Waals surface area contributed by atoms with Crippen LogP contribution in [0.5, 0.6) is 0 Å². The summed E-state index contributed by atoms with van der Waals surface area (Å²) in [5, 5.41) is 0.725. The van der Waals surface area contributed by atoms with Crippen LogP contribution in [-0.4, -0.2) is 15.9 Å².